The quantitative estimate of drug-likeness (QED) is 0.413. The number of halogens is 3. The minimum atomic E-state index is -4.39. The third kappa shape index (κ3) is 4.39. The zero-order chi connectivity index (χ0) is 22.9. The summed E-state index contributed by atoms with van der Waals surface area (Å²) in [5.74, 6) is 0.465. The lowest BCUT2D eigenvalue weighted by molar-refractivity contribution is -0.137. The summed E-state index contributed by atoms with van der Waals surface area (Å²) in [7, 11) is 0. The molecule has 0 fully saturated rings. The molecule has 6 nitrogen and oxygen atoms in total. The SMILES string of the molecule is Cc1cc([C@@H](O)CO)cnc1-c1ccc2c(Nc3ccc(C(F)(F)F)cc3)nccc2n1. The van der Waals surface area contributed by atoms with E-state index >= 15 is 0 Å². The Balaban J connectivity index is 1.64. The van der Waals surface area contributed by atoms with Gasteiger partial charge < -0.3 is 15.5 Å². The number of aromatic nitrogens is 3. The molecule has 3 heterocycles. The lowest BCUT2D eigenvalue weighted by Crippen LogP contribution is -2.05. The molecular formula is C23H19F3N4O2. The molecule has 0 aliphatic carbocycles. The number of aliphatic hydroxyl groups excluding tert-OH is 2. The van der Waals surface area contributed by atoms with Crippen LogP contribution in [0.5, 0.6) is 0 Å². The number of aryl methyl sites for hydroxylation is 1. The smallest absolute Gasteiger partial charge is 0.393 e. The monoisotopic (exact) mass is 440 g/mol. The van der Waals surface area contributed by atoms with Gasteiger partial charge in [-0.05, 0) is 61.0 Å². The summed E-state index contributed by atoms with van der Waals surface area (Å²) in [5, 5.41) is 22.6. The van der Waals surface area contributed by atoms with Crippen molar-refractivity contribution in [2.45, 2.75) is 19.2 Å². The van der Waals surface area contributed by atoms with Crippen molar-refractivity contribution in [3.8, 4) is 11.4 Å². The van der Waals surface area contributed by atoms with Crippen molar-refractivity contribution >= 4 is 22.4 Å². The molecule has 1 aromatic carbocycles. The molecule has 0 aliphatic heterocycles. The molecule has 32 heavy (non-hydrogen) atoms. The van der Waals surface area contributed by atoms with Gasteiger partial charge in [0.2, 0.25) is 0 Å². The molecule has 1 atom stereocenters. The van der Waals surface area contributed by atoms with Gasteiger partial charge in [0.05, 0.1) is 29.1 Å². The average molecular weight is 440 g/mol. The van der Waals surface area contributed by atoms with E-state index in [2.05, 4.69) is 20.3 Å². The van der Waals surface area contributed by atoms with E-state index in [0.717, 1.165) is 17.7 Å². The Hall–Kier alpha value is -3.56. The van der Waals surface area contributed by atoms with Gasteiger partial charge in [-0.25, -0.2) is 9.97 Å². The molecule has 4 rings (SSSR count). The van der Waals surface area contributed by atoms with Crippen LogP contribution in [0.1, 0.15) is 22.8 Å². The van der Waals surface area contributed by atoms with Crippen molar-refractivity contribution in [2.75, 3.05) is 11.9 Å². The number of rotatable bonds is 5. The predicted molar refractivity (Wildman–Crippen MR) is 114 cm³/mol. The van der Waals surface area contributed by atoms with Crippen molar-refractivity contribution in [1.82, 2.24) is 15.0 Å². The standard InChI is InChI=1S/C23H19F3N4O2/c1-13-10-14(20(32)12-31)11-28-21(13)19-7-6-17-18(30-19)8-9-27-22(17)29-16-4-2-15(3-5-16)23(24,25)26/h2-11,20,31-32H,12H2,1H3,(H,27,29)/t20-/m0/s1. The highest BCUT2D eigenvalue weighted by atomic mass is 19.4. The Morgan fingerprint density at radius 2 is 1.78 bits per heavy atom. The molecule has 0 saturated heterocycles. The second-order valence-electron chi connectivity index (χ2n) is 7.26. The molecule has 0 unspecified atom stereocenters. The van der Waals surface area contributed by atoms with Crippen LogP contribution < -0.4 is 5.32 Å². The fourth-order valence-electron chi connectivity index (χ4n) is 3.32. The number of hydrogen-bond acceptors (Lipinski definition) is 6. The van der Waals surface area contributed by atoms with Crippen molar-refractivity contribution in [1.29, 1.82) is 0 Å². The van der Waals surface area contributed by atoms with E-state index in [1.54, 1.807) is 24.4 Å². The van der Waals surface area contributed by atoms with Crippen LogP contribution in [0.25, 0.3) is 22.3 Å². The summed E-state index contributed by atoms with van der Waals surface area (Å²) in [4.78, 5) is 13.3. The first-order valence-corrected chi connectivity index (χ1v) is 9.72. The molecule has 0 bridgehead atoms. The summed E-state index contributed by atoms with van der Waals surface area (Å²) in [6, 6.07) is 11.8. The number of fused-ring (bicyclic) bond motifs is 1. The summed E-state index contributed by atoms with van der Waals surface area (Å²) in [6.07, 6.45) is -2.33. The number of anilines is 2. The number of aliphatic hydroxyl groups is 2. The van der Waals surface area contributed by atoms with Gasteiger partial charge in [0.25, 0.3) is 0 Å². The maximum Gasteiger partial charge on any atom is 0.416 e. The number of alkyl halides is 3. The molecule has 0 amide bonds. The molecule has 0 radical (unpaired) electrons. The third-order valence-corrected chi connectivity index (χ3v) is 4.99. The van der Waals surface area contributed by atoms with Crippen LogP contribution in [0.2, 0.25) is 0 Å². The molecule has 0 spiro atoms. The molecule has 0 saturated carbocycles. The first kappa shape index (κ1) is 21.7. The topological polar surface area (TPSA) is 91.2 Å². The maximum absolute atomic E-state index is 12.8. The summed E-state index contributed by atoms with van der Waals surface area (Å²) in [6.45, 7) is 1.45. The first-order valence-electron chi connectivity index (χ1n) is 9.72. The zero-order valence-corrected chi connectivity index (χ0v) is 16.9. The molecule has 164 valence electrons. The van der Waals surface area contributed by atoms with E-state index < -0.39 is 24.5 Å². The predicted octanol–water partition coefficient (Wildman–Crippen LogP) is 4.79. The molecule has 0 aliphatic rings. The van der Waals surface area contributed by atoms with E-state index in [1.165, 1.54) is 18.3 Å². The van der Waals surface area contributed by atoms with Gasteiger partial charge in [-0.1, -0.05) is 0 Å². The fraction of sp³-hybridized carbons (Fsp3) is 0.174. The fourth-order valence-corrected chi connectivity index (χ4v) is 3.32. The van der Waals surface area contributed by atoms with Gasteiger partial charge in [-0.3, -0.25) is 4.98 Å². The molecule has 9 heteroatoms. The van der Waals surface area contributed by atoms with Crippen LogP contribution in [0.4, 0.5) is 24.7 Å². The number of benzene rings is 1. The summed E-state index contributed by atoms with van der Waals surface area (Å²) in [5.41, 5.74) is 2.94. The van der Waals surface area contributed by atoms with Crippen LogP contribution in [-0.4, -0.2) is 31.8 Å². The Bertz CT molecular complexity index is 1260. The van der Waals surface area contributed by atoms with Gasteiger partial charge in [0.15, 0.2) is 0 Å². The molecule has 3 N–H and O–H groups in total. The lowest BCUT2D eigenvalue weighted by atomic mass is 10.1. The van der Waals surface area contributed by atoms with Gasteiger partial charge in [0, 0.05) is 29.0 Å². The van der Waals surface area contributed by atoms with Crippen molar-refractivity contribution in [3.63, 3.8) is 0 Å². The van der Waals surface area contributed by atoms with Crippen LogP contribution in [0.3, 0.4) is 0 Å². The zero-order valence-electron chi connectivity index (χ0n) is 16.9. The van der Waals surface area contributed by atoms with Gasteiger partial charge in [0.1, 0.15) is 11.9 Å². The second-order valence-corrected chi connectivity index (χ2v) is 7.26. The minimum absolute atomic E-state index is 0.392. The number of nitrogens with zero attached hydrogens (tertiary/aromatic N) is 3. The van der Waals surface area contributed by atoms with E-state index in [4.69, 9.17) is 5.11 Å². The Labute approximate surface area is 181 Å². The molecular weight excluding hydrogens is 421 g/mol. The Morgan fingerprint density at radius 3 is 2.44 bits per heavy atom. The van der Waals surface area contributed by atoms with E-state index in [0.29, 0.717) is 39.4 Å². The first-order chi connectivity index (χ1) is 15.3. The van der Waals surface area contributed by atoms with Crippen LogP contribution >= 0.6 is 0 Å². The highest BCUT2D eigenvalue weighted by Crippen LogP contribution is 2.31. The van der Waals surface area contributed by atoms with Gasteiger partial charge in [-0.15, -0.1) is 0 Å². The van der Waals surface area contributed by atoms with Gasteiger partial charge in [-0.2, -0.15) is 13.2 Å². The largest absolute Gasteiger partial charge is 0.416 e. The van der Waals surface area contributed by atoms with Crippen LogP contribution in [0.15, 0.2) is 60.9 Å². The minimum Gasteiger partial charge on any atom is -0.393 e. The van der Waals surface area contributed by atoms with Crippen molar-refractivity contribution in [2.24, 2.45) is 0 Å². The lowest BCUT2D eigenvalue weighted by Gasteiger charge is -2.12. The maximum atomic E-state index is 12.8. The Kier molecular flexibility index (Phi) is 5.77. The Morgan fingerprint density at radius 1 is 1.03 bits per heavy atom. The van der Waals surface area contributed by atoms with E-state index in [9.17, 15) is 18.3 Å². The normalized spacial score (nSPS) is 12.7. The van der Waals surface area contributed by atoms with Crippen LogP contribution in [-0.2, 0) is 6.18 Å². The number of pyridine rings is 3. The summed E-state index contributed by atoms with van der Waals surface area (Å²) < 4.78 is 38.3. The van der Waals surface area contributed by atoms with E-state index in [-0.39, 0.29) is 0 Å². The average Bonchev–Trinajstić information content (AvgIpc) is 2.78. The van der Waals surface area contributed by atoms with E-state index in [1.807, 2.05) is 13.0 Å². The third-order valence-electron chi connectivity index (χ3n) is 4.99. The van der Waals surface area contributed by atoms with Crippen molar-refractivity contribution in [3.05, 3.63) is 77.6 Å². The van der Waals surface area contributed by atoms with Crippen LogP contribution in [0, 0.1) is 6.92 Å². The number of nitrogens with one attached hydrogen (secondary N) is 1. The summed E-state index contributed by atoms with van der Waals surface area (Å²) >= 11 is 0. The number of hydrogen-bond donors (Lipinski definition) is 3. The second kappa shape index (κ2) is 8.52. The molecule has 3 aromatic heterocycles. The van der Waals surface area contributed by atoms with Gasteiger partial charge >= 0.3 is 6.18 Å². The highest BCUT2D eigenvalue weighted by molar-refractivity contribution is 5.92. The molecule has 4 aromatic rings. The van der Waals surface area contributed by atoms with Crippen molar-refractivity contribution < 1.29 is 23.4 Å². The highest BCUT2D eigenvalue weighted by Gasteiger charge is 2.30.